The first-order valence-electron chi connectivity index (χ1n) is 7.69. The fourth-order valence-electron chi connectivity index (χ4n) is 2.20. The summed E-state index contributed by atoms with van der Waals surface area (Å²) in [7, 11) is 0. The predicted molar refractivity (Wildman–Crippen MR) is 91.7 cm³/mol. The van der Waals surface area contributed by atoms with Gasteiger partial charge in [0.15, 0.2) is 0 Å². The Morgan fingerprint density at radius 3 is 2.58 bits per heavy atom. The smallest absolute Gasteiger partial charge is 0.307 e. The summed E-state index contributed by atoms with van der Waals surface area (Å²) in [6.07, 6.45) is 3.52. The van der Waals surface area contributed by atoms with Crippen molar-refractivity contribution in [2.45, 2.75) is 19.9 Å². The van der Waals surface area contributed by atoms with E-state index in [-0.39, 0.29) is 24.8 Å². The topological polar surface area (TPSA) is 59.5 Å². The minimum atomic E-state index is -0.322. The van der Waals surface area contributed by atoms with E-state index in [0.29, 0.717) is 23.7 Å². The maximum atomic E-state index is 12.7. The third kappa shape index (κ3) is 5.35. The number of carbonyl (C=O) groups is 2. The number of hydrogen-bond donors (Lipinski definition) is 0. The molecule has 1 aromatic heterocycles. The standard InChI is InChI=1S/C18H19ClN2O3/c1-2-24-17(22)9-11-21(13-14-4-3-10-20-12-14)18(23)15-5-7-16(19)8-6-15/h3-8,10,12H,2,9,11,13H2,1H3. The second-order valence-corrected chi connectivity index (χ2v) is 5.59. The van der Waals surface area contributed by atoms with E-state index in [1.165, 1.54) is 0 Å². The number of ether oxygens (including phenoxy) is 1. The van der Waals surface area contributed by atoms with Crippen molar-refractivity contribution in [2.75, 3.05) is 13.2 Å². The highest BCUT2D eigenvalue weighted by Crippen LogP contribution is 2.14. The molecule has 0 aliphatic heterocycles. The van der Waals surface area contributed by atoms with E-state index in [0.717, 1.165) is 5.56 Å². The number of hydrogen-bond acceptors (Lipinski definition) is 4. The Hall–Kier alpha value is -2.40. The Morgan fingerprint density at radius 1 is 1.21 bits per heavy atom. The Labute approximate surface area is 146 Å². The fourth-order valence-corrected chi connectivity index (χ4v) is 2.32. The molecule has 0 aliphatic carbocycles. The molecule has 0 fully saturated rings. The monoisotopic (exact) mass is 346 g/mol. The first-order valence-corrected chi connectivity index (χ1v) is 8.07. The fraction of sp³-hybridized carbons (Fsp3) is 0.278. The van der Waals surface area contributed by atoms with Crippen LogP contribution in [0.4, 0.5) is 0 Å². The number of rotatable bonds is 7. The van der Waals surface area contributed by atoms with Crippen molar-refractivity contribution in [3.8, 4) is 0 Å². The van der Waals surface area contributed by atoms with Gasteiger partial charge in [0.05, 0.1) is 13.0 Å². The first-order chi connectivity index (χ1) is 11.6. The van der Waals surface area contributed by atoms with Crippen LogP contribution in [-0.4, -0.2) is 34.9 Å². The summed E-state index contributed by atoms with van der Waals surface area (Å²) in [6, 6.07) is 10.4. The number of nitrogens with zero attached hydrogens (tertiary/aromatic N) is 2. The molecule has 0 bridgehead atoms. The molecule has 6 heteroatoms. The van der Waals surface area contributed by atoms with Gasteiger partial charge in [0, 0.05) is 36.1 Å². The molecular weight excluding hydrogens is 328 g/mol. The molecule has 0 radical (unpaired) electrons. The average molecular weight is 347 g/mol. The minimum absolute atomic E-state index is 0.146. The van der Waals surface area contributed by atoms with Crippen LogP contribution in [0.1, 0.15) is 29.3 Å². The summed E-state index contributed by atoms with van der Waals surface area (Å²) >= 11 is 5.87. The Morgan fingerprint density at radius 2 is 1.96 bits per heavy atom. The van der Waals surface area contributed by atoms with E-state index in [2.05, 4.69) is 4.98 Å². The summed E-state index contributed by atoms with van der Waals surface area (Å²) in [5.74, 6) is -0.489. The summed E-state index contributed by atoms with van der Waals surface area (Å²) in [5, 5.41) is 0.567. The van der Waals surface area contributed by atoms with Crippen LogP contribution in [0.15, 0.2) is 48.8 Å². The highest BCUT2D eigenvalue weighted by atomic mass is 35.5. The van der Waals surface area contributed by atoms with Gasteiger partial charge in [0.1, 0.15) is 0 Å². The Bertz CT molecular complexity index is 674. The zero-order chi connectivity index (χ0) is 17.4. The van der Waals surface area contributed by atoms with Crippen molar-refractivity contribution in [1.29, 1.82) is 0 Å². The zero-order valence-electron chi connectivity index (χ0n) is 13.4. The summed E-state index contributed by atoms with van der Waals surface area (Å²) in [5.41, 5.74) is 1.41. The van der Waals surface area contributed by atoms with E-state index in [9.17, 15) is 9.59 Å². The van der Waals surface area contributed by atoms with Crippen LogP contribution in [-0.2, 0) is 16.1 Å². The van der Waals surface area contributed by atoms with Gasteiger partial charge in [-0.25, -0.2) is 0 Å². The van der Waals surface area contributed by atoms with Gasteiger partial charge in [-0.3, -0.25) is 14.6 Å². The normalized spacial score (nSPS) is 10.2. The van der Waals surface area contributed by atoms with Crippen LogP contribution in [0.2, 0.25) is 5.02 Å². The molecule has 1 heterocycles. The molecule has 0 unspecified atom stereocenters. The van der Waals surface area contributed by atoms with Gasteiger partial charge in [-0.2, -0.15) is 0 Å². The third-order valence-electron chi connectivity index (χ3n) is 3.37. The molecule has 24 heavy (non-hydrogen) atoms. The van der Waals surface area contributed by atoms with Gasteiger partial charge in [-0.05, 0) is 42.8 Å². The number of aromatic nitrogens is 1. The molecule has 0 saturated heterocycles. The number of pyridine rings is 1. The highest BCUT2D eigenvalue weighted by molar-refractivity contribution is 6.30. The molecule has 0 atom stereocenters. The van der Waals surface area contributed by atoms with E-state index in [4.69, 9.17) is 16.3 Å². The van der Waals surface area contributed by atoms with Crippen LogP contribution >= 0.6 is 11.6 Å². The number of halogens is 1. The molecule has 1 amide bonds. The van der Waals surface area contributed by atoms with Crippen LogP contribution in [0.3, 0.4) is 0 Å². The number of carbonyl (C=O) groups excluding carboxylic acids is 2. The van der Waals surface area contributed by atoms with Crippen molar-refractivity contribution in [2.24, 2.45) is 0 Å². The van der Waals surface area contributed by atoms with Crippen molar-refractivity contribution in [3.05, 3.63) is 64.9 Å². The molecule has 5 nitrogen and oxygen atoms in total. The van der Waals surface area contributed by atoms with Gasteiger partial charge in [-0.15, -0.1) is 0 Å². The molecule has 0 aliphatic rings. The predicted octanol–water partition coefficient (Wildman–Crippen LogP) is 3.33. The van der Waals surface area contributed by atoms with Crippen molar-refractivity contribution >= 4 is 23.5 Å². The summed E-state index contributed by atoms with van der Waals surface area (Å²) in [4.78, 5) is 30.0. The lowest BCUT2D eigenvalue weighted by molar-refractivity contribution is -0.143. The van der Waals surface area contributed by atoms with Crippen molar-refractivity contribution in [1.82, 2.24) is 9.88 Å². The minimum Gasteiger partial charge on any atom is -0.466 e. The molecule has 1 aromatic carbocycles. The van der Waals surface area contributed by atoms with Gasteiger partial charge in [-0.1, -0.05) is 17.7 Å². The van der Waals surface area contributed by atoms with E-state index >= 15 is 0 Å². The highest BCUT2D eigenvalue weighted by Gasteiger charge is 2.18. The lowest BCUT2D eigenvalue weighted by Crippen LogP contribution is -2.33. The van der Waals surface area contributed by atoms with Crippen LogP contribution in [0, 0.1) is 0 Å². The van der Waals surface area contributed by atoms with Gasteiger partial charge in [0.25, 0.3) is 5.91 Å². The molecule has 126 valence electrons. The summed E-state index contributed by atoms with van der Waals surface area (Å²) in [6.45, 7) is 2.72. The maximum absolute atomic E-state index is 12.7. The van der Waals surface area contributed by atoms with Crippen LogP contribution < -0.4 is 0 Å². The third-order valence-corrected chi connectivity index (χ3v) is 3.62. The molecule has 0 saturated carbocycles. The van der Waals surface area contributed by atoms with Gasteiger partial charge in [0.2, 0.25) is 0 Å². The van der Waals surface area contributed by atoms with Crippen LogP contribution in [0.25, 0.3) is 0 Å². The van der Waals surface area contributed by atoms with E-state index < -0.39 is 0 Å². The zero-order valence-corrected chi connectivity index (χ0v) is 14.2. The first kappa shape index (κ1) is 17.9. The van der Waals surface area contributed by atoms with E-state index in [1.807, 2.05) is 12.1 Å². The largest absolute Gasteiger partial charge is 0.466 e. The second-order valence-electron chi connectivity index (χ2n) is 5.15. The molecular formula is C18H19ClN2O3. The summed E-state index contributed by atoms with van der Waals surface area (Å²) < 4.78 is 4.94. The quantitative estimate of drug-likeness (QED) is 0.721. The number of amides is 1. The van der Waals surface area contributed by atoms with E-state index in [1.54, 1.807) is 48.5 Å². The van der Waals surface area contributed by atoms with Gasteiger partial charge < -0.3 is 9.64 Å². The maximum Gasteiger partial charge on any atom is 0.307 e. The molecule has 0 spiro atoms. The lowest BCUT2D eigenvalue weighted by atomic mass is 10.1. The van der Waals surface area contributed by atoms with Gasteiger partial charge >= 0.3 is 5.97 Å². The second kappa shape index (κ2) is 9.03. The molecule has 2 rings (SSSR count). The van der Waals surface area contributed by atoms with Crippen LogP contribution in [0.5, 0.6) is 0 Å². The number of benzene rings is 1. The average Bonchev–Trinajstić information content (AvgIpc) is 2.60. The lowest BCUT2D eigenvalue weighted by Gasteiger charge is -2.22. The SMILES string of the molecule is CCOC(=O)CCN(Cc1cccnc1)C(=O)c1ccc(Cl)cc1. The molecule has 0 N–H and O–H groups in total. The Kier molecular flexibility index (Phi) is 6.75. The number of esters is 1. The Balaban J connectivity index is 2.13. The molecule has 2 aromatic rings. The van der Waals surface area contributed by atoms with Crippen molar-refractivity contribution < 1.29 is 14.3 Å². The van der Waals surface area contributed by atoms with Crippen molar-refractivity contribution in [3.63, 3.8) is 0 Å².